The van der Waals surface area contributed by atoms with Gasteiger partial charge in [-0.15, -0.1) is 11.3 Å². The van der Waals surface area contributed by atoms with Gasteiger partial charge in [0.1, 0.15) is 0 Å². The van der Waals surface area contributed by atoms with Crippen LogP contribution in [0.25, 0.3) is 11.3 Å². The second kappa shape index (κ2) is 7.94. The number of nitrogens with zero attached hydrogens (tertiary/aromatic N) is 1. The predicted octanol–water partition coefficient (Wildman–Crippen LogP) is 4.37. The molecule has 1 aromatic heterocycles. The molecular formula is C20H21N3OS. The molecule has 3 aromatic rings. The molecule has 0 spiro atoms. The monoisotopic (exact) mass is 351 g/mol. The molecule has 0 aliphatic heterocycles. The Morgan fingerprint density at radius 3 is 2.32 bits per heavy atom. The fourth-order valence-corrected chi connectivity index (χ4v) is 3.11. The van der Waals surface area contributed by atoms with Crippen LogP contribution in [0, 0.1) is 6.92 Å². The molecule has 25 heavy (non-hydrogen) atoms. The van der Waals surface area contributed by atoms with Crippen molar-refractivity contribution in [2.45, 2.75) is 26.9 Å². The number of anilines is 1. The van der Waals surface area contributed by atoms with Gasteiger partial charge in [-0.05, 0) is 18.1 Å². The Kier molecular flexibility index (Phi) is 5.46. The van der Waals surface area contributed by atoms with Gasteiger partial charge in [0.05, 0.1) is 5.69 Å². The molecule has 5 heteroatoms. The van der Waals surface area contributed by atoms with Crippen molar-refractivity contribution in [1.29, 1.82) is 0 Å². The molecule has 4 nitrogen and oxygen atoms in total. The molecule has 2 N–H and O–H groups in total. The van der Waals surface area contributed by atoms with Gasteiger partial charge in [-0.2, -0.15) is 0 Å². The van der Waals surface area contributed by atoms with Gasteiger partial charge in [0.15, 0.2) is 5.13 Å². The molecule has 0 atom stereocenters. The summed E-state index contributed by atoms with van der Waals surface area (Å²) in [4.78, 5) is 15.6. The molecule has 0 fully saturated rings. The van der Waals surface area contributed by atoms with Crippen LogP contribution in [-0.2, 0) is 17.9 Å². The van der Waals surface area contributed by atoms with Crippen LogP contribution in [0.15, 0.2) is 53.9 Å². The lowest BCUT2D eigenvalue weighted by atomic mass is 10.1. The Balaban J connectivity index is 1.60. The molecule has 3 rings (SSSR count). The van der Waals surface area contributed by atoms with Gasteiger partial charge >= 0.3 is 0 Å². The molecule has 0 unspecified atom stereocenters. The van der Waals surface area contributed by atoms with Crippen LogP contribution in [0.1, 0.15) is 23.6 Å². The zero-order valence-corrected chi connectivity index (χ0v) is 15.2. The molecule has 1 amide bonds. The van der Waals surface area contributed by atoms with E-state index in [4.69, 9.17) is 0 Å². The summed E-state index contributed by atoms with van der Waals surface area (Å²) in [6.07, 6.45) is 0. The zero-order chi connectivity index (χ0) is 17.6. The summed E-state index contributed by atoms with van der Waals surface area (Å²) in [5.41, 5.74) is 5.62. The van der Waals surface area contributed by atoms with E-state index in [2.05, 4.69) is 52.2 Å². The van der Waals surface area contributed by atoms with Gasteiger partial charge < -0.3 is 10.6 Å². The summed E-state index contributed by atoms with van der Waals surface area (Å²) in [5, 5.41) is 9.14. The zero-order valence-electron chi connectivity index (χ0n) is 14.4. The first-order chi connectivity index (χ1) is 12.1. The standard InChI is InChI=1S/C20H21N3OS/c1-14-3-5-16(6-4-14)12-22-20-23-19(13-25-20)18-9-7-17(8-10-18)11-21-15(2)24/h3-10,13H,11-12H2,1-2H3,(H,21,24)(H,22,23). The lowest BCUT2D eigenvalue weighted by molar-refractivity contribution is -0.119. The van der Waals surface area contributed by atoms with Gasteiger partial charge in [-0.1, -0.05) is 54.1 Å². The van der Waals surface area contributed by atoms with Crippen LogP contribution in [-0.4, -0.2) is 10.9 Å². The molecule has 2 aromatic carbocycles. The molecule has 0 radical (unpaired) electrons. The SMILES string of the molecule is CC(=O)NCc1ccc(-c2csc(NCc3ccc(C)cc3)n2)cc1. The summed E-state index contributed by atoms with van der Waals surface area (Å²) in [6.45, 7) is 4.93. The fraction of sp³-hybridized carbons (Fsp3) is 0.200. The van der Waals surface area contributed by atoms with Gasteiger partial charge in [0.2, 0.25) is 5.91 Å². The number of nitrogens with one attached hydrogen (secondary N) is 2. The predicted molar refractivity (Wildman–Crippen MR) is 104 cm³/mol. The minimum absolute atomic E-state index is 0.0205. The number of carbonyl (C=O) groups excluding carboxylic acids is 1. The molecule has 0 aliphatic rings. The smallest absolute Gasteiger partial charge is 0.217 e. The average molecular weight is 351 g/mol. The van der Waals surface area contributed by atoms with E-state index in [0.717, 1.165) is 28.5 Å². The van der Waals surface area contributed by atoms with Crippen LogP contribution in [0.3, 0.4) is 0 Å². The fourth-order valence-electron chi connectivity index (χ4n) is 2.39. The summed E-state index contributed by atoms with van der Waals surface area (Å²) in [5.74, 6) is -0.0205. The quantitative estimate of drug-likeness (QED) is 0.693. The summed E-state index contributed by atoms with van der Waals surface area (Å²) < 4.78 is 0. The number of carbonyl (C=O) groups is 1. The molecule has 1 heterocycles. The van der Waals surface area contributed by atoms with Crippen LogP contribution in [0.2, 0.25) is 0 Å². The summed E-state index contributed by atoms with van der Waals surface area (Å²) in [6, 6.07) is 16.6. The van der Waals surface area contributed by atoms with Crippen molar-refractivity contribution in [3.05, 3.63) is 70.6 Å². The number of aryl methyl sites for hydroxylation is 1. The third-order valence-electron chi connectivity index (χ3n) is 3.86. The number of hydrogen-bond acceptors (Lipinski definition) is 4. The van der Waals surface area contributed by atoms with Crippen molar-refractivity contribution in [1.82, 2.24) is 10.3 Å². The number of benzene rings is 2. The maximum atomic E-state index is 11.0. The Labute approximate surface area is 151 Å². The number of thiazole rings is 1. The van der Waals surface area contributed by atoms with Crippen molar-refractivity contribution < 1.29 is 4.79 Å². The Hall–Kier alpha value is -2.66. The van der Waals surface area contributed by atoms with Crippen LogP contribution >= 0.6 is 11.3 Å². The number of aromatic nitrogens is 1. The van der Waals surface area contributed by atoms with Crippen molar-refractivity contribution >= 4 is 22.4 Å². The molecular weight excluding hydrogens is 330 g/mol. The Bertz CT molecular complexity index is 838. The number of amides is 1. The lowest BCUT2D eigenvalue weighted by Crippen LogP contribution is -2.18. The molecule has 0 aliphatic carbocycles. The topological polar surface area (TPSA) is 54.0 Å². The average Bonchev–Trinajstić information content (AvgIpc) is 3.09. The second-order valence-corrected chi connectivity index (χ2v) is 6.84. The first-order valence-electron chi connectivity index (χ1n) is 8.19. The van der Waals surface area contributed by atoms with Gasteiger partial charge in [-0.3, -0.25) is 4.79 Å². The van der Waals surface area contributed by atoms with Crippen molar-refractivity contribution in [2.75, 3.05) is 5.32 Å². The highest BCUT2D eigenvalue weighted by molar-refractivity contribution is 7.14. The third kappa shape index (κ3) is 4.90. The van der Waals surface area contributed by atoms with E-state index in [9.17, 15) is 4.79 Å². The van der Waals surface area contributed by atoms with Crippen molar-refractivity contribution in [3.8, 4) is 11.3 Å². The minimum Gasteiger partial charge on any atom is -0.357 e. The largest absolute Gasteiger partial charge is 0.357 e. The first kappa shape index (κ1) is 17.2. The van der Waals surface area contributed by atoms with Gasteiger partial charge in [0.25, 0.3) is 0 Å². The number of hydrogen-bond donors (Lipinski definition) is 2. The molecule has 0 bridgehead atoms. The maximum Gasteiger partial charge on any atom is 0.217 e. The number of rotatable bonds is 6. The van der Waals surface area contributed by atoms with Gasteiger partial charge in [0, 0.05) is 31.0 Å². The van der Waals surface area contributed by atoms with Crippen LogP contribution in [0.5, 0.6) is 0 Å². The van der Waals surface area contributed by atoms with Crippen molar-refractivity contribution in [3.63, 3.8) is 0 Å². The van der Waals surface area contributed by atoms with E-state index in [1.807, 2.05) is 24.3 Å². The molecule has 0 saturated carbocycles. The second-order valence-electron chi connectivity index (χ2n) is 5.98. The van der Waals surface area contributed by atoms with Crippen LogP contribution in [0.4, 0.5) is 5.13 Å². The Morgan fingerprint density at radius 2 is 1.64 bits per heavy atom. The van der Waals surface area contributed by atoms with E-state index in [1.165, 1.54) is 18.1 Å². The van der Waals surface area contributed by atoms with Gasteiger partial charge in [-0.25, -0.2) is 4.98 Å². The maximum absolute atomic E-state index is 11.0. The first-order valence-corrected chi connectivity index (χ1v) is 9.07. The van der Waals surface area contributed by atoms with E-state index in [1.54, 1.807) is 11.3 Å². The highest BCUT2D eigenvalue weighted by Crippen LogP contribution is 2.25. The minimum atomic E-state index is -0.0205. The normalized spacial score (nSPS) is 10.5. The van der Waals surface area contributed by atoms with E-state index in [-0.39, 0.29) is 5.91 Å². The van der Waals surface area contributed by atoms with E-state index in [0.29, 0.717) is 6.54 Å². The van der Waals surface area contributed by atoms with Crippen LogP contribution < -0.4 is 10.6 Å². The van der Waals surface area contributed by atoms with E-state index < -0.39 is 0 Å². The van der Waals surface area contributed by atoms with E-state index >= 15 is 0 Å². The molecule has 128 valence electrons. The third-order valence-corrected chi connectivity index (χ3v) is 4.66. The highest BCUT2D eigenvalue weighted by atomic mass is 32.1. The lowest BCUT2D eigenvalue weighted by Gasteiger charge is -2.04. The van der Waals surface area contributed by atoms with Crippen molar-refractivity contribution in [2.24, 2.45) is 0 Å². The summed E-state index contributed by atoms with van der Waals surface area (Å²) >= 11 is 1.61. The summed E-state index contributed by atoms with van der Waals surface area (Å²) in [7, 11) is 0. The molecule has 0 saturated heterocycles. The highest BCUT2D eigenvalue weighted by Gasteiger charge is 2.05. The Morgan fingerprint density at radius 1 is 1.00 bits per heavy atom.